The van der Waals surface area contributed by atoms with Crippen LogP contribution in [-0.4, -0.2) is 42.4 Å². The van der Waals surface area contributed by atoms with Gasteiger partial charge in [-0.05, 0) is 74.7 Å². The first-order valence-electron chi connectivity index (χ1n) is 12.4. The maximum Gasteiger partial charge on any atom is 0.330 e. The van der Waals surface area contributed by atoms with Crippen molar-refractivity contribution >= 4 is 46.2 Å². The standard InChI is InChI=1S/C27H33N5O2S2/c1-18-23-13-24(36-30-27(2)11-12-27)35-25(23)32(26(33)31(18)17-20(14-28)15-29-3)16-19-7-9-22(10-8-19)34-21-5-4-6-21/h7-10,13-15,21,28-30H,1,4-6,11-12,16-17H2,2-3H3/b20-15+,28-14?. The van der Waals surface area contributed by atoms with Crippen molar-refractivity contribution in [3.05, 3.63) is 59.8 Å². The minimum absolute atomic E-state index is 0.133. The average Bonchev–Trinajstić information content (AvgIpc) is 3.43. The number of carbonyl (C=O) groups is 1. The predicted molar refractivity (Wildman–Crippen MR) is 149 cm³/mol. The third kappa shape index (κ3) is 5.33. The number of fused-ring (bicyclic) bond motifs is 1. The molecule has 0 unspecified atom stereocenters. The number of hydrogen-bond donors (Lipinski definition) is 3. The van der Waals surface area contributed by atoms with E-state index in [1.165, 1.54) is 25.5 Å². The summed E-state index contributed by atoms with van der Waals surface area (Å²) in [6.45, 7) is 7.24. The molecule has 2 aromatic rings. The lowest BCUT2D eigenvalue weighted by Gasteiger charge is -2.36. The van der Waals surface area contributed by atoms with Crippen molar-refractivity contribution in [2.24, 2.45) is 0 Å². The number of anilines is 1. The van der Waals surface area contributed by atoms with Crippen molar-refractivity contribution in [2.75, 3.05) is 18.5 Å². The smallest absolute Gasteiger partial charge is 0.330 e. The number of carbonyl (C=O) groups excluding carboxylic acids is 1. The van der Waals surface area contributed by atoms with Gasteiger partial charge in [-0.1, -0.05) is 18.7 Å². The number of benzene rings is 1. The molecule has 1 aromatic heterocycles. The van der Waals surface area contributed by atoms with Gasteiger partial charge in [-0.3, -0.25) is 14.5 Å². The number of hydrogen-bond acceptors (Lipinski definition) is 7. The molecule has 190 valence electrons. The van der Waals surface area contributed by atoms with E-state index >= 15 is 0 Å². The lowest BCUT2D eigenvalue weighted by atomic mass is 9.96. The number of thiophene rings is 1. The molecular formula is C27H33N5O2S2. The summed E-state index contributed by atoms with van der Waals surface area (Å²) in [6.07, 6.45) is 9.20. The van der Waals surface area contributed by atoms with Crippen LogP contribution in [0, 0.1) is 5.41 Å². The van der Waals surface area contributed by atoms with Gasteiger partial charge in [0.2, 0.25) is 0 Å². The molecular weight excluding hydrogens is 490 g/mol. The highest BCUT2D eigenvalue weighted by Crippen LogP contribution is 2.46. The lowest BCUT2D eigenvalue weighted by Crippen LogP contribution is -2.46. The molecule has 3 N–H and O–H groups in total. The van der Waals surface area contributed by atoms with Crippen molar-refractivity contribution < 1.29 is 9.53 Å². The highest BCUT2D eigenvalue weighted by atomic mass is 32.2. The number of rotatable bonds is 11. The SMILES string of the molecule is C=C1c2cc(SNC3(C)CC3)sc2N(Cc2ccc(OC3CCC3)cc2)C(=O)N1C/C(C=N)=C/NC. The van der Waals surface area contributed by atoms with E-state index in [-0.39, 0.29) is 18.1 Å². The Morgan fingerprint density at radius 2 is 2.06 bits per heavy atom. The van der Waals surface area contributed by atoms with E-state index in [0.29, 0.717) is 23.9 Å². The Bertz CT molecular complexity index is 1180. The van der Waals surface area contributed by atoms with Gasteiger partial charge in [0.05, 0.1) is 23.4 Å². The second-order valence-corrected chi connectivity index (χ2v) is 12.1. The normalized spacial score (nSPS) is 19.1. The molecule has 0 spiro atoms. The summed E-state index contributed by atoms with van der Waals surface area (Å²) in [6, 6.07) is 10.1. The molecule has 2 amide bonds. The number of nitrogens with zero attached hydrogens (tertiary/aromatic N) is 2. The van der Waals surface area contributed by atoms with Gasteiger partial charge in [-0.2, -0.15) is 0 Å². The van der Waals surface area contributed by atoms with Crippen LogP contribution in [0.2, 0.25) is 0 Å². The largest absolute Gasteiger partial charge is 0.490 e. The summed E-state index contributed by atoms with van der Waals surface area (Å²) in [7, 11) is 1.79. The van der Waals surface area contributed by atoms with E-state index in [9.17, 15) is 4.79 Å². The Labute approximate surface area is 221 Å². The Morgan fingerprint density at radius 3 is 2.67 bits per heavy atom. The van der Waals surface area contributed by atoms with Crippen LogP contribution < -0.4 is 19.7 Å². The number of urea groups is 1. The van der Waals surface area contributed by atoms with Crippen molar-refractivity contribution in [2.45, 2.75) is 61.4 Å². The van der Waals surface area contributed by atoms with Gasteiger partial charge in [0.15, 0.2) is 0 Å². The molecule has 2 aliphatic carbocycles. The van der Waals surface area contributed by atoms with Crippen LogP contribution in [-0.2, 0) is 6.54 Å². The molecule has 9 heteroatoms. The summed E-state index contributed by atoms with van der Waals surface area (Å²) < 4.78 is 10.7. The quantitative estimate of drug-likeness (QED) is 0.249. The fourth-order valence-corrected chi connectivity index (χ4v) is 6.28. The van der Waals surface area contributed by atoms with Crippen molar-refractivity contribution in [3.8, 4) is 5.75 Å². The second kappa shape index (κ2) is 10.3. The van der Waals surface area contributed by atoms with Gasteiger partial charge in [-0.25, -0.2) is 4.79 Å². The molecule has 0 atom stereocenters. The van der Waals surface area contributed by atoms with Gasteiger partial charge in [0.1, 0.15) is 10.8 Å². The zero-order valence-corrected chi connectivity index (χ0v) is 22.4. The molecule has 2 heterocycles. The van der Waals surface area contributed by atoms with Crippen molar-refractivity contribution in [1.82, 2.24) is 14.9 Å². The monoisotopic (exact) mass is 523 g/mol. The number of ether oxygens (including phenoxy) is 1. The summed E-state index contributed by atoms with van der Waals surface area (Å²) in [5.41, 5.74) is 3.56. The minimum atomic E-state index is -0.133. The molecule has 5 rings (SSSR count). The third-order valence-electron chi connectivity index (χ3n) is 6.91. The van der Waals surface area contributed by atoms with Gasteiger partial charge in [-0.15, -0.1) is 11.3 Å². The molecule has 3 aliphatic rings. The van der Waals surface area contributed by atoms with Crippen LogP contribution in [0.5, 0.6) is 5.75 Å². The predicted octanol–water partition coefficient (Wildman–Crippen LogP) is 5.99. The molecule has 0 saturated heterocycles. The first-order chi connectivity index (χ1) is 17.4. The highest BCUT2D eigenvalue weighted by molar-refractivity contribution is 7.99. The Hall–Kier alpha value is -2.75. The first kappa shape index (κ1) is 24.9. The maximum absolute atomic E-state index is 13.8. The topological polar surface area (TPSA) is 80.7 Å². The summed E-state index contributed by atoms with van der Waals surface area (Å²) >= 11 is 3.25. The van der Waals surface area contributed by atoms with E-state index < -0.39 is 0 Å². The Kier molecular flexibility index (Phi) is 7.14. The minimum Gasteiger partial charge on any atom is -0.490 e. The first-order valence-corrected chi connectivity index (χ1v) is 14.0. The molecule has 0 radical (unpaired) electrons. The van der Waals surface area contributed by atoms with E-state index in [2.05, 4.69) is 29.6 Å². The van der Waals surface area contributed by atoms with Gasteiger partial charge < -0.3 is 15.5 Å². The number of amides is 2. The fourth-order valence-electron chi connectivity index (χ4n) is 4.11. The van der Waals surface area contributed by atoms with Crippen molar-refractivity contribution in [1.29, 1.82) is 5.41 Å². The molecule has 1 aliphatic heterocycles. The molecule has 0 bridgehead atoms. The van der Waals surface area contributed by atoms with E-state index in [1.807, 2.05) is 29.2 Å². The Balaban J connectivity index is 1.40. The van der Waals surface area contributed by atoms with Crippen LogP contribution in [0.3, 0.4) is 0 Å². The van der Waals surface area contributed by atoms with Crippen LogP contribution in [0.4, 0.5) is 9.80 Å². The Morgan fingerprint density at radius 1 is 1.31 bits per heavy atom. The van der Waals surface area contributed by atoms with E-state index in [0.717, 1.165) is 38.9 Å². The maximum atomic E-state index is 13.8. The molecule has 7 nitrogen and oxygen atoms in total. The molecule has 1 aromatic carbocycles. The van der Waals surface area contributed by atoms with Crippen LogP contribution in [0.15, 0.2) is 52.9 Å². The van der Waals surface area contributed by atoms with Gasteiger partial charge in [0.25, 0.3) is 0 Å². The van der Waals surface area contributed by atoms with Crippen LogP contribution in [0.25, 0.3) is 5.70 Å². The lowest BCUT2D eigenvalue weighted by molar-refractivity contribution is 0.120. The zero-order valence-electron chi connectivity index (χ0n) is 20.8. The van der Waals surface area contributed by atoms with E-state index in [4.69, 9.17) is 10.1 Å². The summed E-state index contributed by atoms with van der Waals surface area (Å²) in [4.78, 5) is 17.3. The summed E-state index contributed by atoms with van der Waals surface area (Å²) in [5.74, 6) is 0.881. The second-order valence-electron chi connectivity index (χ2n) is 9.92. The average molecular weight is 524 g/mol. The third-order valence-corrected chi connectivity index (χ3v) is 9.27. The van der Waals surface area contributed by atoms with E-state index in [1.54, 1.807) is 41.4 Å². The highest BCUT2D eigenvalue weighted by Gasteiger charge is 2.39. The zero-order chi connectivity index (χ0) is 25.3. The van der Waals surface area contributed by atoms with Gasteiger partial charge >= 0.3 is 6.03 Å². The van der Waals surface area contributed by atoms with Crippen molar-refractivity contribution in [3.63, 3.8) is 0 Å². The molecule has 2 fully saturated rings. The number of nitrogens with one attached hydrogen (secondary N) is 3. The summed E-state index contributed by atoms with van der Waals surface area (Å²) in [5, 5.41) is 11.6. The molecule has 36 heavy (non-hydrogen) atoms. The van der Waals surface area contributed by atoms with Crippen LogP contribution >= 0.6 is 23.3 Å². The fraction of sp³-hybridized carbons (Fsp3) is 0.407. The van der Waals surface area contributed by atoms with Gasteiger partial charge in [0, 0.05) is 41.8 Å². The molecule has 2 saturated carbocycles. The van der Waals surface area contributed by atoms with Crippen LogP contribution in [0.1, 0.15) is 50.2 Å².